The second kappa shape index (κ2) is 6.91. The first-order valence-corrected chi connectivity index (χ1v) is 5.77. The summed E-state index contributed by atoms with van der Waals surface area (Å²) in [6.07, 6.45) is 0. The van der Waals surface area contributed by atoms with E-state index in [1.54, 1.807) is 0 Å². The van der Waals surface area contributed by atoms with Crippen LogP contribution >= 0.6 is 0 Å². The number of amides is 1. The average Bonchev–Trinajstić information content (AvgIpc) is 2.29. The Kier molecular flexibility index (Phi) is 5.49. The maximum Gasteiger partial charge on any atom is 0.246 e. The van der Waals surface area contributed by atoms with E-state index in [1.165, 1.54) is 0 Å². The fourth-order valence-electron chi connectivity index (χ4n) is 1.24. The molecule has 0 aromatic heterocycles. The first-order valence-electron chi connectivity index (χ1n) is 5.77. The van der Waals surface area contributed by atoms with Gasteiger partial charge in [-0.15, -0.1) is 0 Å². The van der Waals surface area contributed by atoms with Gasteiger partial charge in [-0.3, -0.25) is 4.79 Å². The molecule has 0 aliphatic carbocycles. The zero-order valence-electron chi connectivity index (χ0n) is 10.4. The molecule has 0 fully saturated rings. The van der Waals surface area contributed by atoms with E-state index in [2.05, 4.69) is 19.2 Å². The summed E-state index contributed by atoms with van der Waals surface area (Å²) in [5.74, 6) is 0.380. The molecule has 0 saturated heterocycles. The molecule has 0 saturated carbocycles. The van der Waals surface area contributed by atoms with Gasteiger partial charge in [-0.2, -0.15) is 0 Å². The standard InChI is InChI=1S/C13H20N2O2/c1-10(2)7-15-13(16)9-17-8-11-3-5-12(14)6-4-11/h3-6,10H,7-9,14H2,1-2H3,(H,15,16). The van der Waals surface area contributed by atoms with Crippen LogP contribution in [0.4, 0.5) is 5.69 Å². The van der Waals surface area contributed by atoms with Crippen molar-refractivity contribution < 1.29 is 9.53 Å². The monoisotopic (exact) mass is 236 g/mol. The Morgan fingerprint density at radius 1 is 1.35 bits per heavy atom. The number of rotatable bonds is 6. The third-order valence-corrected chi connectivity index (χ3v) is 2.19. The molecule has 1 rings (SSSR count). The van der Waals surface area contributed by atoms with Gasteiger partial charge in [0.15, 0.2) is 0 Å². The highest BCUT2D eigenvalue weighted by atomic mass is 16.5. The topological polar surface area (TPSA) is 64.3 Å². The highest BCUT2D eigenvalue weighted by Gasteiger charge is 2.02. The molecule has 0 aliphatic rings. The zero-order chi connectivity index (χ0) is 12.7. The van der Waals surface area contributed by atoms with Gasteiger partial charge in [0.05, 0.1) is 6.61 Å². The van der Waals surface area contributed by atoms with E-state index in [9.17, 15) is 4.79 Å². The largest absolute Gasteiger partial charge is 0.399 e. The van der Waals surface area contributed by atoms with Gasteiger partial charge in [0.25, 0.3) is 0 Å². The molecule has 1 amide bonds. The number of anilines is 1. The van der Waals surface area contributed by atoms with Gasteiger partial charge < -0.3 is 15.8 Å². The summed E-state index contributed by atoms with van der Waals surface area (Å²) in [7, 11) is 0. The Balaban J connectivity index is 2.19. The summed E-state index contributed by atoms with van der Waals surface area (Å²) in [6.45, 7) is 5.31. The van der Waals surface area contributed by atoms with Gasteiger partial charge in [0, 0.05) is 12.2 Å². The second-order valence-electron chi connectivity index (χ2n) is 4.43. The molecule has 0 heterocycles. The van der Waals surface area contributed by atoms with E-state index in [0.717, 1.165) is 11.3 Å². The summed E-state index contributed by atoms with van der Waals surface area (Å²) >= 11 is 0. The minimum absolute atomic E-state index is 0.0749. The van der Waals surface area contributed by atoms with Gasteiger partial charge in [0.1, 0.15) is 6.61 Å². The number of ether oxygens (including phenoxy) is 1. The van der Waals surface area contributed by atoms with E-state index in [-0.39, 0.29) is 12.5 Å². The molecule has 0 spiro atoms. The highest BCUT2D eigenvalue weighted by Crippen LogP contribution is 2.06. The highest BCUT2D eigenvalue weighted by molar-refractivity contribution is 5.77. The lowest BCUT2D eigenvalue weighted by molar-refractivity contribution is -0.126. The second-order valence-corrected chi connectivity index (χ2v) is 4.43. The Labute approximate surface area is 102 Å². The van der Waals surface area contributed by atoms with Crippen LogP contribution in [0.5, 0.6) is 0 Å². The van der Waals surface area contributed by atoms with Crippen LogP contribution < -0.4 is 11.1 Å². The normalized spacial score (nSPS) is 10.5. The SMILES string of the molecule is CC(C)CNC(=O)COCc1ccc(N)cc1. The lowest BCUT2D eigenvalue weighted by Gasteiger charge is -2.08. The van der Waals surface area contributed by atoms with E-state index in [0.29, 0.717) is 19.1 Å². The van der Waals surface area contributed by atoms with Crippen molar-refractivity contribution in [3.63, 3.8) is 0 Å². The predicted octanol–water partition coefficient (Wildman–Crippen LogP) is 1.56. The van der Waals surface area contributed by atoms with Gasteiger partial charge in [-0.05, 0) is 23.6 Å². The summed E-state index contributed by atoms with van der Waals surface area (Å²) in [5, 5.41) is 2.79. The van der Waals surface area contributed by atoms with E-state index in [4.69, 9.17) is 10.5 Å². The van der Waals surface area contributed by atoms with Gasteiger partial charge in [-0.1, -0.05) is 26.0 Å². The van der Waals surface area contributed by atoms with E-state index >= 15 is 0 Å². The molecule has 17 heavy (non-hydrogen) atoms. The van der Waals surface area contributed by atoms with Crippen molar-refractivity contribution in [1.82, 2.24) is 5.32 Å². The number of hydrogen-bond donors (Lipinski definition) is 2. The number of benzene rings is 1. The molecule has 4 heteroatoms. The number of nitrogens with two attached hydrogens (primary N) is 1. The molecule has 0 radical (unpaired) electrons. The molecular weight excluding hydrogens is 216 g/mol. The van der Waals surface area contributed by atoms with Crippen molar-refractivity contribution in [2.75, 3.05) is 18.9 Å². The predicted molar refractivity (Wildman–Crippen MR) is 68.4 cm³/mol. The van der Waals surface area contributed by atoms with Crippen LogP contribution in [-0.4, -0.2) is 19.1 Å². The van der Waals surface area contributed by atoms with Crippen molar-refractivity contribution in [3.8, 4) is 0 Å². The molecule has 0 aliphatic heterocycles. The van der Waals surface area contributed by atoms with Crippen LogP contribution in [0.1, 0.15) is 19.4 Å². The minimum atomic E-state index is -0.0749. The lowest BCUT2D eigenvalue weighted by Crippen LogP contribution is -2.30. The molecular formula is C13H20N2O2. The summed E-state index contributed by atoms with van der Waals surface area (Å²) < 4.78 is 5.30. The number of carbonyl (C=O) groups is 1. The zero-order valence-corrected chi connectivity index (χ0v) is 10.4. The minimum Gasteiger partial charge on any atom is -0.399 e. The number of carbonyl (C=O) groups excluding carboxylic acids is 1. The van der Waals surface area contributed by atoms with Crippen molar-refractivity contribution in [3.05, 3.63) is 29.8 Å². The van der Waals surface area contributed by atoms with Crippen molar-refractivity contribution in [2.24, 2.45) is 5.92 Å². The first-order chi connectivity index (χ1) is 8.08. The quantitative estimate of drug-likeness (QED) is 0.737. The van der Waals surface area contributed by atoms with Crippen LogP contribution in [0, 0.1) is 5.92 Å². The number of hydrogen-bond acceptors (Lipinski definition) is 3. The third kappa shape index (κ3) is 5.92. The van der Waals surface area contributed by atoms with Crippen LogP contribution in [-0.2, 0) is 16.1 Å². The fourth-order valence-corrected chi connectivity index (χ4v) is 1.24. The molecule has 1 aromatic carbocycles. The summed E-state index contributed by atoms with van der Waals surface area (Å²) in [5.41, 5.74) is 7.30. The van der Waals surface area contributed by atoms with Crippen LogP contribution in [0.15, 0.2) is 24.3 Å². The number of nitrogen functional groups attached to an aromatic ring is 1. The lowest BCUT2D eigenvalue weighted by atomic mass is 10.2. The third-order valence-electron chi connectivity index (χ3n) is 2.19. The van der Waals surface area contributed by atoms with E-state index in [1.807, 2.05) is 24.3 Å². The maximum atomic E-state index is 11.3. The Morgan fingerprint density at radius 2 is 2.00 bits per heavy atom. The van der Waals surface area contributed by atoms with Crippen LogP contribution in [0.25, 0.3) is 0 Å². The van der Waals surface area contributed by atoms with Crippen molar-refractivity contribution in [1.29, 1.82) is 0 Å². The van der Waals surface area contributed by atoms with Crippen LogP contribution in [0.2, 0.25) is 0 Å². The molecule has 1 aromatic rings. The molecule has 3 N–H and O–H groups in total. The average molecular weight is 236 g/mol. The van der Waals surface area contributed by atoms with Gasteiger partial charge in [-0.25, -0.2) is 0 Å². The van der Waals surface area contributed by atoms with Crippen LogP contribution in [0.3, 0.4) is 0 Å². The van der Waals surface area contributed by atoms with Crippen molar-refractivity contribution >= 4 is 11.6 Å². The Hall–Kier alpha value is -1.55. The molecule has 4 nitrogen and oxygen atoms in total. The smallest absolute Gasteiger partial charge is 0.246 e. The van der Waals surface area contributed by atoms with Gasteiger partial charge in [0.2, 0.25) is 5.91 Å². The summed E-state index contributed by atoms with van der Waals surface area (Å²) in [4.78, 5) is 11.3. The Bertz CT molecular complexity index is 347. The summed E-state index contributed by atoms with van der Waals surface area (Å²) in [6, 6.07) is 7.41. The molecule has 94 valence electrons. The molecule has 0 bridgehead atoms. The van der Waals surface area contributed by atoms with E-state index < -0.39 is 0 Å². The maximum absolute atomic E-state index is 11.3. The number of nitrogens with one attached hydrogen (secondary N) is 1. The molecule has 0 atom stereocenters. The van der Waals surface area contributed by atoms with Crippen molar-refractivity contribution in [2.45, 2.75) is 20.5 Å². The first kappa shape index (κ1) is 13.5. The Morgan fingerprint density at radius 3 is 2.59 bits per heavy atom. The van der Waals surface area contributed by atoms with Gasteiger partial charge >= 0.3 is 0 Å². The molecule has 0 unspecified atom stereocenters. The fraction of sp³-hybridized carbons (Fsp3) is 0.462.